The Balaban J connectivity index is 2.11. The minimum Gasteiger partial charge on any atom is -0.374 e. The van der Waals surface area contributed by atoms with Crippen LogP contribution in [-0.2, 0) is 13.2 Å². The lowest BCUT2D eigenvalue weighted by Gasteiger charge is -1.95. The van der Waals surface area contributed by atoms with Gasteiger partial charge >= 0.3 is 0 Å². The van der Waals surface area contributed by atoms with Crippen LogP contribution in [-0.4, -0.2) is 20.1 Å². The maximum Gasteiger partial charge on any atom is 0.137 e. The maximum absolute atomic E-state index is 8.78. The summed E-state index contributed by atoms with van der Waals surface area (Å²) < 4.78 is 1.40. The van der Waals surface area contributed by atoms with E-state index >= 15 is 0 Å². The number of benzene rings is 1. The zero-order valence-corrected chi connectivity index (χ0v) is 7.67. The third kappa shape index (κ3) is 1.97. The number of hydrogen-bond donors (Lipinski definition) is 1. The number of nitrogens with zero attached hydrogens (tertiary/aromatic N) is 3. The fourth-order valence-electron chi connectivity index (χ4n) is 1.29. The lowest BCUT2D eigenvalue weighted by Crippen LogP contribution is -1.96. The second-order valence-corrected chi connectivity index (χ2v) is 3.05. The summed E-state index contributed by atoms with van der Waals surface area (Å²) in [5.74, 6) is 0. The van der Waals surface area contributed by atoms with Crippen molar-refractivity contribution in [2.45, 2.75) is 13.2 Å². The molecule has 0 bridgehead atoms. The molecule has 0 amide bonds. The van der Waals surface area contributed by atoms with Gasteiger partial charge < -0.3 is 5.11 Å². The first-order chi connectivity index (χ1) is 6.88. The van der Waals surface area contributed by atoms with Crippen LogP contribution in [0.4, 0.5) is 0 Å². The molecule has 0 saturated carbocycles. The van der Waals surface area contributed by atoms with Crippen LogP contribution in [0.3, 0.4) is 0 Å². The summed E-state index contributed by atoms with van der Waals surface area (Å²) in [4.78, 5) is 0. The summed E-state index contributed by atoms with van der Waals surface area (Å²) in [5.41, 5.74) is 2.06. The zero-order valence-electron chi connectivity index (χ0n) is 7.67. The second-order valence-electron chi connectivity index (χ2n) is 3.05. The molecule has 4 heteroatoms. The molecule has 0 unspecified atom stereocenters. The van der Waals surface area contributed by atoms with Crippen LogP contribution >= 0.6 is 0 Å². The number of hydrogen-bond acceptors (Lipinski definition) is 3. The Morgan fingerprint density at radius 2 is 2.00 bits per heavy atom. The fraction of sp³-hybridized carbons (Fsp3) is 0.200. The van der Waals surface area contributed by atoms with Crippen molar-refractivity contribution < 1.29 is 5.11 Å². The molecule has 1 aromatic carbocycles. The van der Waals surface area contributed by atoms with Gasteiger partial charge in [0.1, 0.15) is 6.73 Å². The molecule has 0 aliphatic heterocycles. The van der Waals surface area contributed by atoms with Gasteiger partial charge in [-0.25, -0.2) is 4.68 Å². The lowest BCUT2D eigenvalue weighted by molar-refractivity contribution is 0.192. The van der Waals surface area contributed by atoms with Gasteiger partial charge in [0.2, 0.25) is 0 Å². The van der Waals surface area contributed by atoms with Crippen molar-refractivity contribution in [3.05, 3.63) is 47.8 Å². The lowest BCUT2D eigenvalue weighted by atomic mass is 10.1. The first-order valence-electron chi connectivity index (χ1n) is 4.42. The first-order valence-corrected chi connectivity index (χ1v) is 4.42. The largest absolute Gasteiger partial charge is 0.374 e. The molecular weight excluding hydrogens is 178 g/mol. The predicted octanol–water partition coefficient (Wildman–Crippen LogP) is 0.819. The van der Waals surface area contributed by atoms with Crippen molar-refractivity contribution in [3.63, 3.8) is 0 Å². The van der Waals surface area contributed by atoms with Gasteiger partial charge in [-0.1, -0.05) is 35.5 Å². The number of aliphatic hydroxyl groups excluding tert-OH is 1. The summed E-state index contributed by atoms with van der Waals surface area (Å²) in [6, 6.07) is 10.0. The minimum absolute atomic E-state index is 0.123. The van der Waals surface area contributed by atoms with Crippen LogP contribution < -0.4 is 0 Å². The van der Waals surface area contributed by atoms with Crippen molar-refractivity contribution in [3.8, 4) is 0 Å². The van der Waals surface area contributed by atoms with E-state index in [2.05, 4.69) is 10.3 Å². The van der Waals surface area contributed by atoms with Gasteiger partial charge in [0.05, 0.1) is 11.9 Å². The summed E-state index contributed by atoms with van der Waals surface area (Å²) in [7, 11) is 0. The molecule has 0 aliphatic rings. The zero-order chi connectivity index (χ0) is 9.80. The highest BCUT2D eigenvalue weighted by Crippen LogP contribution is 2.05. The Labute approximate surface area is 81.8 Å². The van der Waals surface area contributed by atoms with E-state index in [-0.39, 0.29) is 6.73 Å². The summed E-state index contributed by atoms with van der Waals surface area (Å²) >= 11 is 0. The van der Waals surface area contributed by atoms with Gasteiger partial charge in [0, 0.05) is 6.42 Å². The Kier molecular flexibility index (Phi) is 2.55. The second kappa shape index (κ2) is 4.02. The van der Waals surface area contributed by atoms with E-state index in [0.717, 1.165) is 12.1 Å². The van der Waals surface area contributed by atoms with Crippen LogP contribution in [0, 0.1) is 0 Å². The van der Waals surface area contributed by atoms with Crippen LogP contribution in [0.25, 0.3) is 0 Å². The number of rotatable bonds is 3. The molecule has 4 nitrogen and oxygen atoms in total. The summed E-state index contributed by atoms with van der Waals surface area (Å²) in [5, 5.41) is 16.5. The van der Waals surface area contributed by atoms with Crippen molar-refractivity contribution in [1.82, 2.24) is 15.0 Å². The number of aromatic nitrogens is 3. The molecule has 0 fully saturated rings. The minimum atomic E-state index is -0.123. The van der Waals surface area contributed by atoms with E-state index in [9.17, 15) is 0 Å². The highest BCUT2D eigenvalue weighted by Gasteiger charge is 2.00. The van der Waals surface area contributed by atoms with Crippen molar-refractivity contribution in [1.29, 1.82) is 0 Å². The number of aliphatic hydroxyl groups is 1. The smallest absolute Gasteiger partial charge is 0.137 e. The third-order valence-corrected chi connectivity index (χ3v) is 1.96. The molecule has 1 N–H and O–H groups in total. The quantitative estimate of drug-likeness (QED) is 0.777. The van der Waals surface area contributed by atoms with Gasteiger partial charge in [-0.3, -0.25) is 0 Å². The SMILES string of the molecule is OCn1cc(Cc2ccccc2)nn1. The molecule has 2 aromatic rings. The molecule has 14 heavy (non-hydrogen) atoms. The summed E-state index contributed by atoms with van der Waals surface area (Å²) in [6.07, 6.45) is 2.49. The van der Waals surface area contributed by atoms with Gasteiger partial charge in [0.25, 0.3) is 0 Å². The predicted molar refractivity (Wildman–Crippen MR) is 51.5 cm³/mol. The molecule has 0 spiro atoms. The summed E-state index contributed by atoms with van der Waals surface area (Å²) in [6.45, 7) is -0.123. The van der Waals surface area contributed by atoms with Gasteiger partial charge in [0.15, 0.2) is 0 Å². The van der Waals surface area contributed by atoms with E-state index in [1.54, 1.807) is 6.20 Å². The molecule has 1 heterocycles. The van der Waals surface area contributed by atoms with Crippen LogP contribution in [0.2, 0.25) is 0 Å². The van der Waals surface area contributed by atoms with E-state index in [0.29, 0.717) is 0 Å². The van der Waals surface area contributed by atoms with E-state index < -0.39 is 0 Å². The third-order valence-electron chi connectivity index (χ3n) is 1.96. The molecule has 0 atom stereocenters. The van der Waals surface area contributed by atoms with Gasteiger partial charge in [-0.15, -0.1) is 5.10 Å². The fourth-order valence-corrected chi connectivity index (χ4v) is 1.29. The average Bonchev–Trinajstić information content (AvgIpc) is 2.67. The normalized spacial score (nSPS) is 10.4. The average molecular weight is 189 g/mol. The van der Waals surface area contributed by atoms with Crippen LogP contribution in [0.5, 0.6) is 0 Å². The first kappa shape index (κ1) is 8.90. The molecule has 2 rings (SSSR count). The van der Waals surface area contributed by atoms with Crippen LogP contribution in [0.15, 0.2) is 36.5 Å². The molecule has 1 aromatic heterocycles. The molecule has 72 valence electrons. The van der Waals surface area contributed by atoms with E-state index in [1.807, 2.05) is 30.3 Å². The Morgan fingerprint density at radius 1 is 1.21 bits per heavy atom. The van der Waals surface area contributed by atoms with E-state index in [4.69, 9.17) is 5.11 Å². The molecule has 0 radical (unpaired) electrons. The molecule has 0 saturated heterocycles. The van der Waals surface area contributed by atoms with Gasteiger partial charge in [-0.2, -0.15) is 0 Å². The van der Waals surface area contributed by atoms with Crippen molar-refractivity contribution >= 4 is 0 Å². The standard InChI is InChI=1S/C10H11N3O/c14-8-13-7-10(11-12-13)6-9-4-2-1-3-5-9/h1-5,7,14H,6,8H2. The van der Waals surface area contributed by atoms with Crippen molar-refractivity contribution in [2.75, 3.05) is 0 Å². The van der Waals surface area contributed by atoms with Gasteiger partial charge in [-0.05, 0) is 5.56 Å². The highest BCUT2D eigenvalue weighted by atomic mass is 16.3. The Morgan fingerprint density at radius 3 is 2.64 bits per heavy atom. The van der Waals surface area contributed by atoms with E-state index in [1.165, 1.54) is 10.2 Å². The maximum atomic E-state index is 8.78. The molecule has 0 aliphatic carbocycles. The molecular formula is C10H11N3O. The topological polar surface area (TPSA) is 50.9 Å². The highest BCUT2D eigenvalue weighted by molar-refractivity contribution is 5.19. The monoisotopic (exact) mass is 189 g/mol. The van der Waals surface area contributed by atoms with Crippen LogP contribution in [0.1, 0.15) is 11.3 Å². The van der Waals surface area contributed by atoms with Crippen molar-refractivity contribution in [2.24, 2.45) is 0 Å². The Hall–Kier alpha value is -1.68. The Bertz CT molecular complexity index is 397.